The van der Waals surface area contributed by atoms with Gasteiger partial charge in [-0.05, 0) is 106 Å². The molecule has 0 amide bonds. The first-order valence-electron chi connectivity index (χ1n) is 13.1. The summed E-state index contributed by atoms with van der Waals surface area (Å²) in [5.41, 5.74) is 2.97. The van der Waals surface area contributed by atoms with Crippen LogP contribution in [-0.2, 0) is 0 Å². The molecular formula is C29H48O2. The number of allylic oxidation sites excluding steroid dienone is 3. The minimum Gasteiger partial charge on any atom is -0.393 e. The summed E-state index contributed by atoms with van der Waals surface area (Å²) in [6, 6.07) is 0. The third kappa shape index (κ3) is 3.50. The molecule has 176 valence electrons. The van der Waals surface area contributed by atoms with Crippen LogP contribution in [0.4, 0.5) is 0 Å². The fourth-order valence-corrected chi connectivity index (χ4v) is 9.15. The monoisotopic (exact) mass is 428 g/mol. The summed E-state index contributed by atoms with van der Waals surface area (Å²) in [5.74, 6) is 3.21. The standard InChI is InChI=1S/C29H48O2/c1-18(2)9-8-10-19(3)21-12-13-22-20-11-14-24-27(4,5)25(30)15-16-28(24,6)23(20)17-26(31)29(21,22)7/h9,14,19-23,25-26,30-31H,8,10-13,15-17H2,1-7H3/t19-,20+,21-,22+,23+,25+,26-,28-,29-/m1/s1. The number of aliphatic hydroxyl groups is 2. The molecule has 2 nitrogen and oxygen atoms in total. The van der Waals surface area contributed by atoms with Gasteiger partial charge < -0.3 is 10.2 Å². The van der Waals surface area contributed by atoms with E-state index in [-0.39, 0.29) is 28.5 Å². The average molecular weight is 429 g/mol. The van der Waals surface area contributed by atoms with E-state index in [0.717, 1.165) is 25.7 Å². The Morgan fingerprint density at radius 2 is 1.77 bits per heavy atom. The molecule has 9 atom stereocenters. The van der Waals surface area contributed by atoms with Crippen LogP contribution in [0, 0.1) is 45.8 Å². The van der Waals surface area contributed by atoms with Crippen LogP contribution in [0.5, 0.6) is 0 Å². The first-order valence-corrected chi connectivity index (χ1v) is 13.1. The van der Waals surface area contributed by atoms with Crippen LogP contribution in [0.1, 0.15) is 99.8 Å². The summed E-state index contributed by atoms with van der Waals surface area (Å²) < 4.78 is 0. The molecule has 0 aromatic heterocycles. The van der Waals surface area contributed by atoms with E-state index >= 15 is 0 Å². The molecule has 0 aromatic carbocycles. The molecule has 2 heteroatoms. The Kier molecular flexibility index (Phi) is 6.09. The molecule has 0 saturated heterocycles. The van der Waals surface area contributed by atoms with Crippen LogP contribution < -0.4 is 0 Å². The van der Waals surface area contributed by atoms with Gasteiger partial charge in [-0.25, -0.2) is 0 Å². The van der Waals surface area contributed by atoms with Gasteiger partial charge in [0.05, 0.1) is 12.2 Å². The summed E-state index contributed by atoms with van der Waals surface area (Å²) in [6.45, 7) is 16.2. The van der Waals surface area contributed by atoms with E-state index in [2.05, 4.69) is 60.6 Å². The maximum atomic E-state index is 11.7. The number of fused-ring (bicyclic) bond motifs is 5. The SMILES string of the molecule is CC(C)=CCC[C@@H](C)[C@H]1CC[C@H]2[C@@H]3CC=C4C(C)(C)[C@@H](O)CC[C@]4(C)[C@H]3C[C@@H](O)[C@]12C. The van der Waals surface area contributed by atoms with E-state index in [1.807, 2.05) is 0 Å². The Balaban J connectivity index is 1.61. The Morgan fingerprint density at radius 1 is 1.06 bits per heavy atom. The Hall–Kier alpha value is -0.600. The highest BCUT2D eigenvalue weighted by atomic mass is 16.3. The zero-order chi connectivity index (χ0) is 22.8. The fraction of sp³-hybridized carbons (Fsp3) is 0.862. The molecule has 0 aliphatic heterocycles. The summed E-state index contributed by atoms with van der Waals surface area (Å²) in [6.07, 6.45) is 13.5. The predicted molar refractivity (Wildman–Crippen MR) is 130 cm³/mol. The van der Waals surface area contributed by atoms with Crippen LogP contribution in [0.3, 0.4) is 0 Å². The lowest BCUT2D eigenvalue weighted by Gasteiger charge is -2.62. The van der Waals surface area contributed by atoms with Gasteiger partial charge in [0.1, 0.15) is 0 Å². The summed E-state index contributed by atoms with van der Waals surface area (Å²) in [4.78, 5) is 0. The normalized spacial score (nSPS) is 46.9. The van der Waals surface area contributed by atoms with Gasteiger partial charge in [-0.3, -0.25) is 0 Å². The van der Waals surface area contributed by atoms with Gasteiger partial charge in [0.15, 0.2) is 0 Å². The van der Waals surface area contributed by atoms with Crippen molar-refractivity contribution in [3.8, 4) is 0 Å². The van der Waals surface area contributed by atoms with E-state index in [4.69, 9.17) is 0 Å². The van der Waals surface area contributed by atoms with Crippen molar-refractivity contribution in [2.24, 2.45) is 45.8 Å². The van der Waals surface area contributed by atoms with Crippen LogP contribution in [0.15, 0.2) is 23.3 Å². The minimum absolute atomic E-state index is 0.0664. The van der Waals surface area contributed by atoms with Crippen LogP contribution in [0.25, 0.3) is 0 Å². The first kappa shape index (κ1) is 23.6. The Bertz CT molecular complexity index is 744. The zero-order valence-electron chi connectivity index (χ0n) is 21.2. The third-order valence-electron chi connectivity index (χ3n) is 11.0. The highest BCUT2D eigenvalue weighted by Gasteiger charge is 2.64. The van der Waals surface area contributed by atoms with Gasteiger partial charge in [-0.1, -0.05) is 57.9 Å². The van der Waals surface area contributed by atoms with Gasteiger partial charge in [-0.2, -0.15) is 0 Å². The van der Waals surface area contributed by atoms with E-state index in [0.29, 0.717) is 29.6 Å². The van der Waals surface area contributed by atoms with Crippen molar-refractivity contribution >= 4 is 0 Å². The largest absolute Gasteiger partial charge is 0.393 e. The molecule has 4 aliphatic rings. The highest BCUT2D eigenvalue weighted by Crippen LogP contribution is 2.68. The van der Waals surface area contributed by atoms with Crippen molar-refractivity contribution in [3.05, 3.63) is 23.3 Å². The molecule has 0 radical (unpaired) electrons. The second-order valence-corrected chi connectivity index (χ2v) is 13.1. The fourth-order valence-electron chi connectivity index (χ4n) is 9.15. The molecule has 4 aliphatic carbocycles. The van der Waals surface area contributed by atoms with Gasteiger partial charge >= 0.3 is 0 Å². The lowest BCUT2D eigenvalue weighted by atomic mass is 9.43. The van der Waals surface area contributed by atoms with Gasteiger partial charge in [-0.15, -0.1) is 0 Å². The van der Waals surface area contributed by atoms with Crippen molar-refractivity contribution in [1.82, 2.24) is 0 Å². The first-order chi connectivity index (χ1) is 14.4. The van der Waals surface area contributed by atoms with Crippen molar-refractivity contribution in [3.63, 3.8) is 0 Å². The lowest BCUT2D eigenvalue weighted by Crippen LogP contribution is -2.58. The molecule has 3 saturated carbocycles. The smallest absolute Gasteiger partial charge is 0.0628 e. The molecular weight excluding hydrogens is 380 g/mol. The molecule has 0 aromatic rings. The zero-order valence-corrected chi connectivity index (χ0v) is 21.2. The highest BCUT2D eigenvalue weighted by molar-refractivity contribution is 5.31. The third-order valence-corrected chi connectivity index (χ3v) is 11.0. The van der Waals surface area contributed by atoms with Gasteiger partial charge in [0.2, 0.25) is 0 Å². The van der Waals surface area contributed by atoms with Crippen LogP contribution in [-0.4, -0.2) is 22.4 Å². The van der Waals surface area contributed by atoms with Crippen molar-refractivity contribution in [2.75, 3.05) is 0 Å². The predicted octanol–water partition coefficient (Wildman–Crippen LogP) is 6.92. The number of hydrogen-bond acceptors (Lipinski definition) is 2. The Morgan fingerprint density at radius 3 is 2.45 bits per heavy atom. The summed E-state index contributed by atoms with van der Waals surface area (Å²) in [5, 5.41) is 22.5. The van der Waals surface area contributed by atoms with E-state index in [9.17, 15) is 10.2 Å². The lowest BCUT2D eigenvalue weighted by molar-refractivity contribution is -0.142. The molecule has 31 heavy (non-hydrogen) atoms. The minimum atomic E-state index is -0.236. The molecule has 0 unspecified atom stereocenters. The topological polar surface area (TPSA) is 40.5 Å². The number of rotatable bonds is 4. The van der Waals surface area contributed by atoms with Crippen molar-refractivity contribution in [2.45, 2.75) is 112 Å². The Labute approximate surface area is 191 Å². The van der Waals surface area contributed by atoms with E-state index in [1.165, 1.54) is 36.8 Å². The average Bonchev–Trinajstić information content (AvgIpc) is 3.05. The molecule has 2 N–H and O–H groups in total. The van der Waals surface area contributed by atoms with E-state index < -0.39 is 0 Å². The van der Waals surface area contributed by atoms with Crippen LogP contribution >= 0.6 is 0 Å². The van der Waals surface area contributed by atoms with Crippen molar-refractivity contribution < 1.29 is 10.2 Å². The molecule has 3 fully saturated rings. The quantitative estimate of drug-likeness (QED) is 0.477. The number of hydrogen-bond donors (Lipinski definition) is 2. The van der Waals surface area contributed by atoms with Crippen LogP contribution in [0.2, 0.25) is 0 Å². The molecule has 4 rings (SSSR count). The van der Waals surface area contributed by atoms with E-state index in [1.54, 1.807) is 0 Å². The summed E-state index contributed by atoms with van der Waals surface area (Å²) >= 11 is 0. The van der Waals surface area contributed by atoms with Crippen molar-refractivity contribution in [1.29, 1.82) is 0 Å². The van der Waals surface area contributed by atoms with Gasteiger partial charge in [0, 0.05) is 5.41 Å². The maximum absolute atomic E-state index is 11.7. The molecule has 0 bridgehead atoms. The molecule has 0 heterocycles. The maximum Gasteiger partial charge on any atom is 0.0628 e. The van der Waals surface area contributed by atoms with Gasteiger partial charge in [0.25, 0.3) is 0 Å². The molecule has 0 spiro atoms. The second kappa shape index (κ2) is 8.01. The summed E-state index contributed by atoms with van der Waals surface area (Å²) in [7, 11) is 0. The number of aliphatic hydroxyl groups excluding tert-OH is 2. The second-order valence-electron chi connectivity index (χ2n) is 13.1.